The summed E-state index contributed by atoms with van der Waals surface area (Å²) in [4.78, 5) is 22.7. The van der Waals surface area contributed by atoms with E-state index in [0.717, 1.165) is 5.56 Å². The Balaban J connectivity index is 2.45. The van der Waals surface area contributed by atoms with E-state index in [2.05, 4.69) is 5.32 Å². The predicted octanol–water partition coefficient (Wildman–Crippen LogP) is 2.62. The van der Waals surface area contributed by atoms with Crippen LogP contribution in [0.15, 0.2) is 24.3 Å². The molecular weight excluding hydrogens is 273 g/mol. The van der Waals surface area contributed by atoms with Crippen molar-refractivity contribution in [3.63, 3.8) is 0 Å². The maximum absolute atomic E-state index is 13.1. The van der Waals surface area contributed by atoms with Crippen LogP contribution in [0.3, 0.4) is 0 Å². The van der Waals surface area contributed by atoms with Gasteiger partial charge in [-0.2, -0.15) is 0 Å². The Kier molecular flexibility index (Phi) is 6.34. The summed E-state index contributed by atoms with van der Waals surface area (Å²) in [6.45, 7) is 5.15. The van der Waals surface area contributed by atoms with E-state index < -0.39 is 17.9 Å². The van der Waals surface area contributed by atoms with Crippen LogP contribution in [0.2, 0.25) is 0 Å². The number of halogens is 1. The number of aliphatic carboxylic acids is 1. The van der Waals surface area contributed by atoms with Crippen LogP contribution in [0.1, 0.15) is 32.8 Å². The molecule has 3 unspecified atom stereocenters. The Labute approximate surface area is 124 Å². The number of nitrogens with one attached hydrogen (secondary N) is 1. The SMILES string of the molecule is CC(CC(=O)NC(C)C(C)C(=O)O)Cc1cccc(F)c1. The standard InChI is InChI=1S/C16H22FNO3/c1-10(7-13-5-4-6-14(17)9-13)8-15(19)18-12(3)11(2)16(20)21/h4-6,9-12H,7-8H2,1-3H3,(H,18,19)(H,20,21). The summed E-state index contributed by atoms with van der Waals surface area (Å²) in [5.74, 6) is -1.98. The number of carbonyl (C=O) groups is 2. The molecule has 0 aliphatic carbocycles. The third kappa shape index (κ3) is 5.94. The highest BCUT2D eigenvalue weighted by molar-refractivity contribution is 5.78. The molecule has 1 aromatic carbocycles. The van der Waals surface area contributed by atoms with Gasteiger partial charge in [0.15, 0.2) is 0 Å². The average molecular weight is 295 g/mol. The number of hydrogen-bond acceptors (Lipinski definition) is 2. The molecule has 0 aliphatic heterocycles. The molecule has 0 bridgehead atoms. The Morgan fingerprint density at radius 3 is 2.52 bits per heavy atom. The van der Waals surface area contributed by atoms with Crippen molar-refractivity contribution in [1.82, 2.24) is 5.32 Å². The molecule has 0 fully saturated rings. The van der Waals surface area contributed by atoms with Gasteiger partial charge in [0.25, 0.3) is 0 Å². The molecule has 1 rings (SSSR count). The number of carboxylic acid groups (broad SMARTS) is 1. The van der Waals surface area contributed by atoms with Crippen molar-refractivity contribution in [2.24, 2.45) is 11.8 Å². The van der Waals surface area contributed by atoms with Crippen LogP contribution in [0.25, 0.3) is 0 Å². The van der Waals surface area contributed by atoms with Crippen LogP contribution < -0.4 is 5.32 Å². The highest BCUT2D eigenvalue weighted by Gasteiger charge is 2.21. The first-order valence-electron chi connectivity index (χ1n) is 7.06. The summed E-state index contributed by atoms with van der Waals surface area (Å²) in [6.07, 6.45) is 0.890. The van der Waals surface area contributed by atoms with E-state index in [0.29, 0.717) is 6.42 Å². The molecule has 2 N–H and O–H groups in total. The van der Waals surface area contributed by atoms with Gasteiger partial charge in [-0.05, 0) is 43.9 Å². The smallest absolute Gasteiger partial charge is 0.308 e. The fraction of sp³-hybridized carbons (Fsp3) is 0.500. The summed E-state index contributed by atoms with van der Waals surface area (Å²) in [6, 6.07) is 5.90. The van der Waals surface area contributed by atoms with Crippen molar-refractivity contribution in [3.05, 3.63) is 35.6 Å². The maximum atomic E-state index is 13.1. The summed E-state index contributed by atoms with van der Waals surface area (Å²) in [5.41, 5.74) is 0.849. The van der Waals surface area contributed by atoms with E-state index in [1.165, 1.54) is 12.1 Å². The molecule has 116 valence electrons. The third-order valence-corrected chi connectivity index (χ3v) is 3.54. The van der Waals surface area contributed by atoms with Gasteiger partial charge in [-0.15, -0.1) is 0 Å². The maximum Gasteiger partial charge on any atom is 0.308 e. The van der Waals surface area contributed by atoms with Crippen molar-refractivity contribution < 1.29 is 19.1 Å². The highest BCUT2D eigenvalue weighted by Crippen LogP contribution is 2.13. The molecule has 4 nitrogen and oxygen atoms in total. The van der Waals surface area contributed by atoms with Gasteiger partial charge in [0.2, 0.25) is 5.91 Å². The molecule has 21 heavy (non-hydrogen) atoms. The van der Waals surface area contributed by atoms with Crippen molar-refractivity contribution >= 4 is 11.9 Å². The Bertz CT molecular complexity index is 504. The minimum Gasteiger partial charge on any atom is -0.481 e. The molecule has 1 amide bonds. The summed E-state index contributed by atoms with van der Waals surface area (Å²) in [5, 5.41) is 11.6. The first-order valence-corrected chi connectivity index (χ1v) is 7.06. The molecule has 0 saturated carbocycles. The number of amides is 1. The Morgan fingerprint density at radius 1 is 1.29 bits per heavy atom. The lowest BCUT2D eigenvalue weighted by Crippen LogP contribution is -2.40. The zero-order chi connectivity index (χ0) is 16.0. The fourth-order valence-electron chi connectivity index (χ4n) is 2.11. The molecule has 0 heterocycles. The van der Waals surface area contributed by atoms with Crippen LogP contribution in [0, 0.1) is 17.7 Å². The van der Waals surface area contributed by atoms with Crippen molar-refractivity contribution in [2.45, 2.75) is 39.7 Å². The van der Waals surface area contributed by atoms with Gasteiger partial charge in [0.05, 0.1) is 5.92 Å². The molecule has 0 aromatic heterocycles. The monoisotopic (exact) mass is 295 g/mol. The van der Waals surface area contributed by atoms with Gasteiger partial charge in [-0.3, -0.25) is 9.59 Å². The van der Waals surface area contributed by atoms with E-state index in [-0.39, 0.29) is 24.1 Å². The normalized spacial score (nSPS) is 15.0. The lowest BCUT2D eigenvalue weighted by molar-refractivity contribution is -0.142. The largest absolute Gasteiger partial charge is 0.481 e. The van der Waals surface area contributed by atoms with Crippen molar-refractivity contribution in [3.8, 4) is 0 Å². The zero-order valence-electron chi connectivity index (χ0n) is 12.6. The first-order chi connectivity index (χ1) is 9.79. The van der Waals surface area contributed by atoms with Crippen LogP contribution in [0.4, 0.5) is 4.39 Å². The number of benzene rings is 1. The summed E-state index contributed by atoms with van der Waals surface area (Å²) in [7, 11) is 0. The zero-order valence-corrected chi connectivity index (χ0v) is 12.6. The van der Waals surface area contributed by atoms with E-state index in [9.17, 15) is 14.0 Å². The second kappa shape index (κ2) is 7.76. The minimum atomic E-state index is -0.935. The van der Waals surface area contributed by atoms with Gasteiger partial charge in [-0.25, -0.2) is 4.39 Å². The van der Waals surface area contributed by atoms with Crippen LogP contribution in [-0.2, 0) is 16.0 Å². The minimum absolute atomic E-state index is 0.0548. The van der Waals surface area contributed by atoms with Crippen LogP contribution in [-0.4, -0.2) is 23.0 Å². The lowest BCUT2D eigenvalue weighted by Gasteiger charge is -2.19. The third-order valence-electron chi connectivity index (χ3n) is 3.54. The van der Waals surface area contributed by atoms with Gasteiger partial charge in [-0.1, -0.05) is 19.1 Å². The predicted molar refractivity (Wildman–Crippen MR) is 78.3 cm³/mol. The number of hydrogen-bond donors (Lipinski definition) is 2. The van der Waals surface area contributed by atoms with Gasteiger partial charge in [0.1, 0.15) is 5.82 Å². The number of carboxylic acids is 1. The second-order valence-electron chi connectivity index (χ2n) is 5.63. The molecule has 0 saturated heterocycles. The van der Waals surface area contributed by atoms with Crippen molar-refractivity contribution in [2.75, 3.05) is 0 Å². The number of rotatable bonds is 7. The Hall–Kier alpha value is -1.91. The van der Waals surface area contributed by atoms with E-state index in [1.54, 1.807) is 19.9 Å². The topological polar surface area (TPSA) is 66.4 Å². The van der Waals surface area contributed by atoms with Crippen molar-refractivity contribution in [1.29, 1.82) is 0 Å². The first kappa shape index (κ1) is 17.1. The molecule has 0 aliphatic rings. The van der Waals surface area contributed by atoms with E-state index in [1.807, 2.05) is 13.0 Å². The molecule has 5 heteroatoms. The average Bonchev–Trinajstić information content (AvgIpc) is 2.36. The van der Waals surface area contributed by atoms with Gasteiger partial charge < -0.3 is 10.4 Å². The van der Waals surface area contributed by atoms with E-state index >= 15 is 0 Å². The van der Waals surface area contributed by atoms with E-state index in [4.69, 9.17) is 5.11 Å². The quantitative estimate of drug-likeness (QED) is 0.812. The molecule has 1 aromatic rings. The summed E-state index contributed by atoms with van der Waals surface area (Å²) >= 11 is 0. The molecule has 0 spiro atoms. The van der Waals surface area contributed by atoms with Crippen LogP contribution >= 0.6 is 0 Å². The second-order valence-corrected chi connectivity index (χ2v) is 5.63. The number of carbonyl (C=O) groups excluding carboxylic acids is 1. The molecular formula is C16H22FNO3. The molecule has 0 radical (unpaired) electrons. The van der Waals surface area contributed by atoms with Gasteiger partial charge in [0, 0.05) is 12.5 Å². The fourth-order valence-corrected chi connectivity index (χ4v) is 2.11. The summed E-state index contributed by atoms with van der Waals surface area (Å²) < 4.78 is 13.1. The van der Waals surface area contributed by atoms with Crippen LogP contribution in [0.5, 0.6) is 0 Å². The Morgan fingerprint density at radius 2 is 1.95 bits per heavy atom. The lowest BCUT2D eigenvalue weighted by atomic mass is 9.97. The van der Waals surface area contributed by atoms with Gasteiger partial charge >= 0.3 is 5.97 Å². The highest BCUT2D eigenvalue weighted by atomic mass is 19.1. The molecule has 3 atom stereocenters.